The lowest BCUT2D eigenvalue weighted by molar-refractivity contribution is -0.133. The number of fused-ring (bicyclic) bond motifs is 1. The van der Waals surface area contributed by atoms with Gasteiger partial charge < -0.3 is 19.3 Å². The quantitative estimate of drug-likeness (QED) is 0.470. The highest BCUT2D eigenvalue weighted by molar-refractivity contribution is 6.76. The van der Waals surface area contributed by atoms with Gasteiger partial charge in [0.25, 0.3) is 0 Å². The molecular formula is C23H33N5O5Si. The third-order valence-electron chi connectivity index (χ3n) is 6.54. The van der Waals surface area contributed by atoms with Crippen LogP contribution in [0.4, 0.5) is 15.4 Å². The zero-order valence-corrected chi connectivity index (χ0v) is 21.1. The van der Waals surface area contributed by atoms with E-state index in [0.29, 0.717) is 25.5 Å². The number of rotatable bonds is 7. The number of hydrogen-bond donors (Lipinski definition) is 1. The van der Waals surface area contributed by atoms with Gasteiger partial charge in [0.1, 0.15) is 12.5 Å². The summed E-state index contributed by atoms with van der Waals surface area (Å²) in [6, 6.07) is 4.59. The topological polar surface area (TPSA) is 108 Å². The van der Waals surface area contributed by atoms with Crippen molar-refractivity contribution in [2.24, 2.45) is 0 Å². The fourth-order valence-electron chi connectivity index (χ4n) is 4.49. The van der Waals surface area contributed by atoms with Gasteiger partial charge in [0.2, 0.25) is 5.91 Å². The molecule has 10 nitrogen and oxygen atoms in total. The van der Waals surface area contributed by atoms with Crippen LogP contribution in [-0.4, -0.2) is 83.5 Å². The van der Waals surface area contributed by atoms with Crippen LogP contribution in [-0.2, 0) is 9.53 Å². The van der Waals surface area contributed by atoms with Crippen molar-refractivity contribution in [2.75, 3.05) is 37.9 Å². The molecule has 0 radical (unpaired) electrons. The number of carboxylic acid groups (broad SMARTS) is 1. The van der Waals surface area contributed by atoms with Crippen molar-refractivity contribution in [1.82, 2.24) is 19.4 Å². The summed E-state index contributed by atoms with van der Waals surface area (Å²) >= 11 is 0. The molecule has 2 aliphatic rings. The lowest BCUT2D eigenvalue weighted by Crippen LogP contribution is -2.53. The van der Waals surface area contributed by atoms with Gasteiger partial charge in [0, 0.05) is 64.6 Å². The predicted molar refractivity (Wildman–Crippen MR) is 131 cm³/mol. The lowest BCUT2D eigenvalue weighted by atomic mass is 10.1. The summed E-state index contributed by atoms with van der Waals surface area (Å²) in [5, 5.41) is 10.1. The molecule has 0 aromatic carbocycles. The number of amides is 4. The third-order valence-corrected chi connectivity index (χ3v) is 8.24. The predicted octanol–water partition coefficient (Wildman–Crippen LogP) is 3.82. The summed E-state index contributed by atoms with van der Waals surface area (Å²) in [6.07, 6.45) is 4.46. The van der Waals surface area contributed by atoms with Gasteiger partial charge in [-0.1, -0.05) is 19.6 Å². The van der Waals surface area contributed by atoms with Crippen LogP contribution in [0.2, 0.25) is 25.7 Å². The molecule has 184 valence electrons. The van der Waals surface area contributed by atoms with Crippen molar-refractivity contribution in [1.29, 1.82) is 0 Å². The van der Waals surface area contributed by atoms with E-state index in [4.69, 9.17) is 4.74 Å². The van der Waals surface area contributed by atoms with Crippen molar-refractivity contribution in [3.05, 3.63) is 24.5 Å². The average Bonchev–Trinajstić information content (AvgIpc) is 3.22. The van der Waals surface area contributed by atoms with Crippen LogP contribution in [0, 0.1) is 0 Å². The number of carbonyl (C=O) groups excluding carboxylic acids is 2. The van der Waals surface area contributed by atoms with Gasteiger partial charge in [0.15, 0.2) is 0 Å². The van der Waals surface area contributed by atoms with Crippen molar-refractivity contribution in [3.8, 4) is 0 Å². The normalized spacial score (nSPS) is 18.3. The number of urea groups is 1. The van der Waals surface area contributed by atoms with E-state index < -0.39 is 20.2 Å². The first-order chi connectivity index (χ1) is 16.2. The summed E-state index contributed by atoms with van der Waals surface area (Å²) in [7, 11) is -1.26. The van der Waals surface area contributed by atoms with Gasteiger partial charge in [-0.05, 0) is 31.0 Å². The molecule has 2 saturated heterocycles. The Kier molecular flexibility index (Phi) is 6.94. The molecule has 34 heavy (non-hydrogen) atoms. The fourth-order valence-corrected chi connectivity index (χ4v) is 5.25. The van der Waals surface area contributed by atoms with E-state index in [0.717, 1.165) is 29.8 Å². The van der Waals surface area contributed by atoms with E-state index in [1.165, 1.54) is 9.80 Å². The van der Waals surface area contributed by atoms with E-state index in [-0.39, 0.29) is 31.6 Å². The molecule has 4 amide bonds. The molecule has 0 bridgehead atoms. The number of ether oxygens (including phenoxy) is 1. The number of aromatic nitrogens is 2. The monoisotopic (exact) mass is 487 g/mol. The fraction of sp³-hybridized carbons (Fsp3) is 0.565. The maximum absolute atomic E-state index is 13.2. The molecule has 0 spiro atoms. The maximum atomic E-state index is 13.2. The molecule has 2 aromatic heterocycles. The number of nitrogens with zero attached hydrogens (tertiary/aromatic N) is 5. The summed E-state index contributed by atoms with van der Waals surface area (Å²) in [5.41, 5.74) is 0.946. The van der Waals surface area contributed by atoms with E-state index in [9.17, 15) is 19.5 Å². The second-order valence-electron chi connectivity index (χ2n) is 10.1. The van der Waals surface area contributed by atoms with E-state index in [1.54, 1.807) is 11.1 Å². The summed E-state index contributed by atoms with van der Waals surface area (Å²) < 4.78 is 7.84. The largest absolute Gasteiger partial charge is 0.465 e. The highest BCUT2D eigenvalue weighted by Crippen LogP contribution is 2.32. The molecule has 0 unspecified atom stereocenters. The molecule has 11 heteroatoms. The van der Waals surface area contributed by atoms with Crippen LogP contribution >= 0.6 is 0 Å². The third kappa shape index (κ3) is 5.09. The molecule has 0 atom stereocenters. The SMILES string of the molecule is C[Si](C)(C)CCOCN1C(=O)CCN(c2nccc3c2ccn3C2CCN(C(=O)O)CC2)C1=O. The van der Waals surface area contributed by atoms with Crippen molar-refractivity contribution in [3.63, 3.8) is 0 Å². The zero-order valence-electron chi connectivity index (χ0n) is 20.1. The number of piperidine rings is 1. The first-order valence-electron chi connectivity index (χ1n) is 11.8. The Labute approximate surface area is 200 Å². The van der Waals surface area contributed by atoms with Gasteiger partial charge in [-0.15, -0.1) is 0 Å². The van der Waals surface area contributed by atoms with E-state index >= 15 is 0 Å². The van der Waals surface area contributed by atoms with Crippen LogP contribution in [0.3, 0.4) is 0 Å². The summed E-state index contributed by atoms with van der Waals surface area (Å²) in [5.74, 6) is 0.299. The molecular weight excluding hydrogens is 454 g/mol. The average molecular weight is 488 g/mol. The van der Waals surface area contributed by atoms with Crippen LogP contribution in [0.25, 0.3) is 10.9 Å². The summed E-state index contributed by atoms with van der Waals surface area (Å²) in [6.45, 7) is 8.52. The molecule has 2 aliphatic heterocycles. The molecule has 1 N–H and O–H groups in total. The van der Waals surface area contributed by atoms with E-state index in [1.807, 2.05) is 18.3 Å². The minimum Gasteiger partial charge on any atom is -0.465 e. The smallest absolute Gasteiger partial charge is 0.407 e. The van der Waals surface area contributed by atoms with Crippen molar-refractivity contribution in [2.45, 2.75) is 51.0 Å². The molecule has 2 aromatic rings. The number of hydrogen-bond acceptors (Lipinski definition) is 5. The van der Waals surface area contributed by atoms with Crippen LogP contribution in [0.1, 0.15) is 25.3 Å². The molecule has 4 heterocycles. The number of anilines is 1. The van der Waals surface area contributed by atoms with E-state index in [2.05, 4.69) is 29.2 Å². The van der Waals surface area contributed by atoms with Gasteiger partial charge >= 0.3 is 12.1 Å². The lowest BCUT2D eigenvalue weighted by Gasteiger charge is -2.34. The number of likely N-dealkylation sites (tertiary alicyclic amines) is 1. The van der Waals surface area contributed by atoms with Crippen LogP contribution in [0.15, 0.2) is 24.5 Å². The first kappa shape index (κ1) is 24.2. The Morgan fingerprint density at radius 3 is 2.59 bits per heavy atom. The maximum Gasteiger partial charge on any atom is 0.407 e. The second kappa shape index (κ2) is 9.75. The Morgan fingerprint density at radius 1 is 1.18 bits per heavy atom. The Morgan fingerprint density at radius 2 is 1.91 bits per heavy atom. The van der Waals surface area contributed by atoms with Crippen LogP contribution in [0.5, 0.6) is 0 Å². The van der Waals surface area contributed by atoms with Gasteiger partial charge in [-0.2, -0.15) is 0 Å². The van der Waals surface area contributed by atoms with Crippen molar-refractivity contribution >= 4 is 42.8 Å². The second-order valence-corrected chi connectivity index (χ2v) is 15.8. The minimum atomic E-state index is -1.26. The summed E-state index contributed by atoms with van der Waals surface area (Å²) in [4.78, 5) is 45.6. The van der Waals surface area contributed by atoms with Gasteiger partial charge in [-0.3, -0.25) is 9.69 Å². The molecule has 0 saturated carbocycles. The number of pyridine rings is 1. The van der Waals surface area contributed by atoms with Gasteiger partial charge in [-0.25, -0.2) is 19.5 Å². The highest BCUT2D eigenvalue weighted by atomic mass is 28.3. The minimum absolute atomic E-state index is 0.0439. The number of imide groups is 1. The van der Waals surface area contributed by atoms with Crippen molar-refractivity contribution < 1.29 is 24.2 Å². The van der Waals surface area contributed by atoms with Gasteiger partial charge in [0.05, 0.1) is 5.52 Å². The Balaban J connectivity index is 1.50. The zero-order chi connectivity index (χ0) is 24.5. The Bertz CT molecular complexity index is 1070. The Hall–Kier alpha value is -2.92. The molecule has 0 aliphatic carbocycles. The number of carbonyl (C=O) groups is 3. The molecule has 2 fully saturated rings. The standard InChI is InChI=1S/C23H33N5O5Si/c1-34(2,3)15-14-33-16-28-20(29)8-13-27(22(28)30)21-18-7-12-26(19(18)4-9-24-21)17-5-10-25(11-6-17)23(31)32/h4,7,9,12,17H,5-6,8,10-11,13-16H2,1-3H3,(H,31,32). The van der Waals surface area contributed by atoms with Crippen LogP contribution < -0.4 is 4.90 Å². The molecule has 4 rings (SSSR count). The first-order valence-corrected chi connectivity index (χ1v) is 15.5. The highest BCUT2D eigenvalue weighted by Gasteiger charge is 2.35.